The van der Waals surface area contributed by atoms with Crippen LogP contribution in [-0.4, -0.2) is 35.4 Å². The summed E-state index contributed by atoms with van der Waals surface area (Å²) < 4.78 is 69.7. The van der Waals surface area contributed by atoms with Gasteiger partial charge in [0, 0.05) is 6.92 Å². The molecule has 0 saturated carbocycles. The first kappa shape index (κ1) is 17.6. The molecular weight excluding hydrogens is 266 g/mol. The Morgan fingerprint density at radius 2 is 1.06 bits per heavy atom. The summed E-state index contributed by atoms with van der Waals surface area (Å²) in [4.78, 5) is 28.3. The van der Waals surface area contributed by atoms with E-state index in [-0.39, 0.29) is 0 Å². The Hall–Kier alpha value is -1.81. The van der Waals surface area contributed by atoms with Crippen molar-refractivity contribution >= 4 is 17.9 Å². The molecule has 0 aliphatic heterocycles. The fraction of sp³-hybridized carbons (Fsp3) is 0.500. The van der Waals surface area contributed by atoms with Gasteiger partial charge in [0.1, 0.15) is 0 Å². The van der Waals surface area contributed by atoms with Gasteiger partial charge in [0.15, 0.2) is 0 Å². The van der Waals surface area contributed by atoms with Gasteiger partial charge in [-0.3, -0.25) is 4.79 Å². The number of alkyl halides is 6. The van der Waals surface area contributed by atoms with Gasteiger partial charge in [-0.1, -0.05) is 0 Å². The predicted octanol–water partition coefficient (Wildman–Crippen LogP) is 1.27. The highest BCUT2D eigenvalue weighted by Gasteiger charge is 2.49. The minimum absolute atomic E-state index is 0.833. The molecule has 0 amide bonds. The lowest BCUT2D eigenvalue weighted by atomic mass is 10.6. The van der Waals surface area contributed by atoms with Crippen molar-refractivity contribution in [1.82, 2.24) is 0 Å². The Kier molecular flexibility index (Phi) is 6.26. The highest BCUT2D eigenvalue weighted by Crippen LogP contribution is 2.21. The Morgan fingerprint density at radius 3 is 1.18 bits per heavy atom. The van der Waals surface area contributed by atoms with E-state index in [1.165, 1.54) is 0 Å². The summed E-state index contributed by atoms with van der Waals surface area (Å²) in [5.41, 5.74) is 0. The second kappa shape index (κ2) is 6.06. The van der Waals surface area contributed by atoms with Crippen molar-refractivity contribution < 1.29 is 50.6 Å². The second-order valence-electron chi connectivity index (χ2n) is 2.19. The lowest BCUT2D eigenvalue weighted by molar-refractivity contribution is -0.221. The van der Waals surface area contributed by atoms with Gasteiger partial charge < -0.3 is 9.84 Å². The summed E-state index contributed by atoms with van der Waals surface area (Å²) in [6.45, 7) is 1.08. The number of carboxylic acid groups (broad SMARTS) is 1. The van der Waals surface area contributed by atoms with Crippen molar-refractivity contribution in [3.05, 3.63) is 0 Å². The van der Waals surface area contributed by atoms with E-state index in [4.69, 9.17) is 9.90 Å². The van der Waals surface area contributed by atoms with Crippen LogP contribution in [0.25, 0.3) is 0 Å². The summed E-state index contributed by atoms with van der Waals surface area (Å²) >= 11 is 0. The highest BCUT2D eigenvalue weighted by atomic mass is 19.4. The van der Waals surface area contributed by atoms with Crippen molar-refractivity contribution in [2.24, 2.45) is 0 Å². The van der Waals surface area contributed by atoms with Crippen molar-refractivity contribution in [1.29, 1.82) is 0 Å². The molecule has 0 aliphatic carbocycles. The van der Waals surface area contributed by atoms with Crippen LogP contribution in [0, 0.1) is 0 Å². The molecule has 0 radical (unpaired) electrons. The lowest BCUT2D eigenvalue weighted by Crippen LogP contribution is -2.34. The molecule has 0 heterocycles. The Balaban J connectivity index is 0. The van der Waals surface area contributed by atoms with E-state index in [0.717, 1.165) is 6.92 Å². The summed E-state index contributed by atoms with van der Waals surface area (Å²) in [5, 5.41) is 7.42. The monoisotopic (exact) mass is 270 g/mol. The normalized spacial score (nSPS) is 11.0. The molecule has 100 valence electrons. The van der Waals surface area contributed by atoms with Crippen LogP contribution < -0.4 is 0 Å². The molecule has 1 N–H and O–H groups in total. The van der Waals surface area contributed by atoms with Crippen molar-refractivity contribution in [3.8, 4) is 0 Å². The maximum Gasteiger partial charge on any atom is 0.491 e. The molecule has 0 atom stereocenters. The summed E-state index contributed by atoms with van der Waals surface area (Å²) in [6.07, 6.45) is -11.2. The van der Waals surface area contributed by atoms with Crippen LogP contribution in [-0.2, 0) is 19.1 Å². The molecule has 0 spiro atoms. The number of rotatable bonds is 0. The largest absolute Gasteiger partial charge is 0.491 e. The van der Waals surface area contributed by atoms with E-state index in [1.54, 1.807) is 0 Å². The molecule has 0 rings (SSSR count). The van der Waals surface area contributed by atoms with Crippen LogP contribution in [0.1, 0.15) is 6.92 Å². The molecule has 0 aromatic rings. The summed E-state index contributed by atoms with van der Waals surface area (Å²) in [7, 11) is 0. The number of carboxylic acids is 1. The van der Waals surface area contributed by atoms with Crippen molar-refractivity contribution in [3.63, 3.8) is 0 Å². The first-order valence-electron chi connectivity index (χ1n) is 3.38. The number of hydrogen-bond donors (Lipinski definition) is 1. The standard InChI is InChI=1S/C4F6O3.C2H4O2/c5-3(6,7)1(11)13-2(12)4(8,9)10;1-2(3)4/h;1H3,(H,3,4). The molecule has 0 aromatic heterocycles. The zero-order valence-corrected chi connectivity index (χ0v) is 7.85. The van der Waals surface area contributed by atoms with Gasteiger partial charge in [-0.15, -0.1) is 0 Å². The third kappa shape index (κ3) is 10.5. The minimum Gasteiger partial charge on any atom is -0.481 e. The number of ether oxygens (including phenoxy) is 1. The molecule has 0 fully saturated rings. The fourth-order valence-corrected chi connectivity index (χ4v) is 0.200. The summed E-state index contributed by atoms with van der Waals surface area (Å²) in [5.74, 6) is -7.23. The van der Waals surface area contributed by atoms with Gasteiger partial charge in [0.05, 0.1) is 0 Å². The fourth-order valence-electron chi connectivity index (χ4n) is 0.200. The Bertz CT molecular complexity index is 275. The van der Waals surface area contributed by atoms with Gasteiger partial charge in [-0.2, -0.15) is 26.3 Å². The first-order valence-corrected chi connectivity index (χ1v) is 3.38. The smallest absolute Gasteiger partial charge is 0.481 e. The topological polar surface area (TPSA) is 80.7 Å². The van der Waals surface area contributed by atoms with Crippen molar-refractivity contribution in [2.75, 3.05) is 0 Å². The zero-order valence-electron chi connectivity index (χ0n) is 7.85. The van der Waals surface area contributed by atoms with Gasteiger partial charge in [-0.05, 0) is 0 Å². The van der Waals surface area contributed by atoms with Crippen LogP contribution >= 0.6 is 0 Å². The summed E-state index contributed by atoms with van der Waals surface area (Å²) in [6, 6.07) is 0. The number of aliphatic carboxylic acids is 1. The van der Waals surface area contributed by atoms with E-state index in [9.17, 15) is 35.9 Å². The molecular formula is C6H4F6O5. The number of carbonyl (C=O) groups is 3. The number of hydrogen-bond acceptors (Lipinski definition) is 4. The molecule has 0 aromatic carbocycles. The van der Waals surface area contributed by atoms with Gasteiger partial charge in [0.2, 0.25) is 0 Å². The van der Waals surface area contributed by atoms with Crippen LogP contribution in [0.15, 0.2) is 0 Å². The molecule has 0 unspecified atom stereocenters. The van der Waals surface area contributed by atoms with Gasteiger partial charge in [-0.25, -0.2) is 9.59 Å². The predicted molar refractivity (Wildman–Crippen MR) is 36.5 cm³/mol. The van der Waals surface area contributed by atoms with Gasteiger partial charge >= 0.3 is 24.3 Å². The molecule has 0 aliphatic rings. The van der Waals surface area contributed by atoms with Crippen LogP contribution in [0.3, 0.4) is 0 Å². The van der Waals surface area contributed by atoms with E-state index in [1.807, 2.05) is 0 Å². The number of carbonyl (C=O) groups excluding carboxylic acids is 2. The average Bonchev–Trinajstić information content (AvgIpc) is 1.98. The highest BCUT2D eigenvalue weighted by molar-refractivity contribution is 5.90. The van der Waals surface area contributed by atoms with E-state index in [2.05, 4.69) is 4.74 Å². The van der Waals surface area contributed by atoms with E-state index < -0.39 is 30.3 Å². The third-order valence-corrected chi connectivity index (χ3v) is 0.648. The molecule has 5 nitrogen and oxygen atoms in total. The Labute approximate surface area is 89.0 Å². The quantitative estimate of drug-likeness (QED) is 0.407. The van der Waals surface area contributed by atoms with E-state index >= 15 is 0 Å². The molecule has 0 saturated heterocycles. The van der Waals surface area contributed by atoms with Crippen molar-refractivity contribution in [2.45, 2.75) is 19.3 Å². The van der Waals surface area contributed by atoms with E-state index in [0.29, 0.717) is 0 Å². The maximum atomic E-state index is 11.2. The average molecular weight is 270 g/mol. The third-order valence-electron chi connectivity index (χ3n) is 0.648. The number of esters is 2. The Morgan fingerprint density at radius 1 is 0.882 bits per heavy atom. The second-order valence-corrected chi connectivity index (χ2v) is 2.19. The lowest BCUT2D eigenvalue weighted by Gasteiger charge is -2.06. The molecule has 17 heavy (non-hydrogen) atoms. The SMILES string of the molecule is CC(=O)O.O=C(OC(=O)C(F)(F)F)C(F)(F)F. The zero-order chi connectivity index (χ0) is 14.4. The number of halogens is 6. The van der Waals surface area contributed by atoms with Crippen LogP contribution in [0.2, 0.25) is 0 Å². The van der Waals surface area contributed by atoms with Crippen LogP contribution in [0.4, 0.5) is 26.3 Å². The first-order chi connectivity index (χ1) is 7.28. The maximum absolute atomic E-state index is 11.2. The molecule has 0 bridgehead atoms. The van der Waals surface area contributed by atoms with Crippen LogP contribution in [0.5, 0.6) is 0 Å². The minimum atomic E-state index is -5.62. The molecule has 11 heteroatoms. The van der Waals surface area contributed by atoms with Gasteiger partial charge in [0.25, 0.3) is 5.97 Å².